The lowest BCUT2D eigenvalue weighted by Crippen LogP contribution is -2.23. The molecule has 2 nitrogen and oxygen atoms in total. The fourth-order valence-electron chi connectivity index (χ4n) is 1.64. The molecule has 0 fully saturated rings. The second-order valence-electron chi connectivity index (χ2n) is 4.06. The van der Waals surface area contributed by atoms with Gasteiger partial charge in [0.1, 0.15) is 0 Å². The molecule has 0 aliphatic rings. The molecule has 0 radical (unpaired) electrons. The van der Waals surface area contributed by atoms with Crippen molar-refractivity contribution in [3.63, 3.8) is 0 Å². The minimum absolute atomic E-state index is 0.202. The Hall–Kier alpha value is -0.670. The molecule has 0 aliphatic carbocycles. The highest BCUT2D eigenvalue weighted by Gasteiger charge is 2.12. The average molecular weight is 239 g/mol. The Balaban J connectivity index is 2.67. The molecule has 0 aromatic heterocycles. The number of nitrogens with one attached hydrogen (secondary N) is 1. The van der Waals surface area contributed by atoms with Gasteiger partial charge in [0.25, 0.3) is 0 Å². The highest BCUT2D eigenvalue weighted by molar-refractivity contribution is 7.85. The summed E-state index contributed by atoms with van der Waals surface area (Å²) in [5, 5.41) is 3.23. The van der Waals surface area contributed by atoms with E-state index in [0.29, 0.717) is 5.75 Å². The van der Waals surface area contributed by atoms with Crippen molar-refractivity contribution in [1.82, 2.24) is 5.32 Å². The predicted octanol–water partition coefficient (Wildman–Crippen LogP) is 2.41. The Morgan fingerprint density at radius 1 is 1.31 bits per heavy atom. The van der Waals surface area contributed by atoms with E-state index in [0.717, 1.165) is 12.2 Å². The maximum Gasteiger partial charge on any atom is 0.0434 e. The van der Waals surface area contributed by atoms with Crippen LogP contribution in [-0.2, 0) is 10.8 Å². The monoisotopic (exact) mass is 239 g/mol. The van der Waals surface area contributed by atoms with Gasteiger partial charge in [-0.15, -0.1) is 0 Å². The number of aryl methyl sites for hydroxylation is 1. The van der Waals surface area contributed by atoms with Gasteiger partial charge in [-0.25, -0.2) is 0 Å². The third kappa shape index (κ3) is 4.06. The summed E-state index contributed by atoms with van der Waals surface area (Å²) in [7, 11) is 1.21. The zero-order valence-electron chi connectivity index (χ0n) is 10.3. The molecule has 1 rings (SSSR count). The molecule has 0 spiro atoms. The minimum Gasteiger partial charge on any atom is -0.312 e. The van der Waals surface area contributed by atoms with Crippen LogP contribution in [0, 0.1) is 6.92 Å². The lowest BCUT2D eigenvalue weighted by atomic mass is 10.1. The maximum absolute atomic E-state index is 11.7. The fraction of sp³-hybridized carbons (Fsp3) is 0.538. The van der Waals surface area contributed by atoms with Gasteiger partial charge in [-0.2, -0.15) is 0 Å². The minimum atomic E-state index is -0.718. The van der Waals surface area contributed by atoms with Crippen LogP contribution in [0.1, 0.15) is 30.5 Å². The molecule has 16 heavy (non-hydrogen) atoms. The summed E-state index contributed by atoms with van der Waals surface area (Å²) in [5.74, 6) is 1.50. The van der Waals surface area contributed by atoms with Crippen LogP contribution in [0.2, 0.25) is 0 Å². The normalized spacial score (nSPS) is 14.7. The molecule has 2 unspecified atom stereocenters. The van der Waals surface area contributed by atoms with Crippen molar-refractivity contribution in [3.8, 4) is 0 Å². The van der Waals surface area contributed by atoms with Gasteiger partial charge < -0.3 is 5.32 Å². The Kier molecular flexibility index (Phi) is 5.71. The maximum atomic E-state index is 11.7. The lowest BCUT2D eigenvalue weighted by molar-refractivity contribution is 0.635. The van der Waals surface area contributed by atoms with Gasteiger partial charge in [-0.3, -0.25) is 4.21 Å². The zero-order valence-corrected chi connectivity index (χ0v) is 11.1. The first kappa shape index (κ1) is 13.4. The summed E-state index contributed by atoms with van der Waals surface area (Å²) in [6, 6.07) is 8.62. The summed E-state index contributed by atoms with van der Waals surface area (Å²) in [6.07, 6.45) is 0.983. The Labute approximate surface area is 101 Å². The van der Waals surface area contributed by atoms with E-state index < -0.39 is 10.8 Å². The van der Waals surface area contributed by atoms with Crippen molar-refractivity contribution in [3.05, 3.63) is 35.4 Å². The summed E-state index contributed by atoms with van der Waals surface area (Å²) < 4.78 is 11.7. The molecule has 0 heterocycles. The van der Waals surface area contributed by atoms with E-state index in [4.69, 9.17) is 0 Å². The molecule has 0 saturated carbocycles. The standard InChI is InChI=1S/C13H21NOS/c1-4-9-16(15)10-13(14-3)12-7-5-11(2)6-8-12/h5-8,13-14H,4,9-10H2,1-3H3. The molecule has 90 valence electrons. The van der Waals surface area contributed by atoms with Crippen LogP contribution >= 0.6 is 0 Å². The van der Waals surface area contributed by atoms with Crippen molar-refractivity contribution in [2.24, 2.45) is 0 Å². The van der Waals surface area contributed by atoms with Crippen molar-refractivity contribution in [1.29, 1.82) is 0 Å². The molecular weight excluding hydrogens is 218 g/mol. The summed E-state index contributed by atoms with van der Waals surface area (Å²) in [6.45, 7) is 4.14. The second kappa shape index (κ2) is 6.81. The molecule has 0 amide bonds. The third-order valence-corrected chi connectivity index (χ3v) is 4.18. The zero-order chi connectivity index (χ0) is 12.0. The van der Waals surface area contributed by atoms with Crippen LogP contribution in [0.4, 0.5) is 0 Å². The second-order valence-corrected chi connectivity index (χ2v) is 5.68. The Bertz CT molecular complexity index is 334. The van der Waals surface area contributed by atoms with Crippen LogP contribution in [0.3, 0.4) is 0 Å². The van der Waals surface area contributed by atoms with Gasteiger partial charge in [0.2, 0.25) is 0 Å². The number of rotatable bonds is 6. The van der Waals surface area contributed by atoms with Crippen molar-refractivity contribution >= 4 is 10.8 Å². The average Bonchev–Trinajstić information content (AvgIpc) is 2.27. The van der Waals surface area contributed by atoms with E-state index >= 15 is 0 Å². The Morgan fingerprint density at radius 3 is 2.44 bits per heavy atom. The molecule has 1 N–H and O–H groups in total. The van der Waals surface area contributed by atoms with E-state index in [1.807, 2.05) is 7.05 Å². The molecule has 1 aromatic rings. The highest BCUT2D eigenvalue weighted by atomic mass is 32.2. The molecule has 0 aliphatic heterocycles. The molecule has 0 bridgehead atoms. The Morgan fingerprint density at radius 2 is 1.94 bits per heavy atom. The van der Waals surface area contributed by atoms with Crippen LogP contribution in [0.25, 0.3) is 0 Å². The fourth-order valence-corrected chi connectivity index (χ4v) is 2.99. The largest absolute Gasteiger partial charge is 0.312 e. The van der Waals surface area contributed by atoms with Gasteiger partial charge in [0.05, 0.1) is 0 Å². The van der Waals surface area contributed by atoms with Gasteiger partial charge >= 0.3 is 0 Å². The molecule has 0 saturated heterocycles. The summed E-state index contributed by atoms with van der Waals surface area (Å²) >= 11 is 0. The van der Waals surface area contributed by atoms with Crippen molar-refractivity contribution in [2.75, 3.05) is 18.6 Å². The first-order valence-corrected chi connectivity index (χ1v) is 7.25. The van der Waals surface area contributed by atoms with Gasteiger partial charge in [0.15, 0.2) is 0 Å². The summed E-state index contributed by atoms with van der Waals surface area (Å²) in [5.41, 5.74) is 2.48. The summed E-state index contributed by atoms with van der Waals surface area (Å²) in [4.78, 5) is 0. The predicted molar refractivity (Wildman–Crippen MR) is 71.1 cm³/mol. The molecule has 2 atom stereocenters. The van der Waals surface area contributed by atoms with Gasteiger partial charge in [0, 0.05) is 28.3 Å². The number of benzene rings is 1. The van der Waals surface area contributed by atoms with Crippen LogP contribution in [0.15, 0.2) is 24.3 Å². The van der Waals surface area contributed by atoms with Gasteiger partial charge in [-0.05, 0) is 26.0 Å². The number of hydrogen-bond donors (Lipinski definition) is 1. The quantitative estimate of drug-likeness (QED) is 0.826. The highest BCUT2D eigenvalue weighted by Crippen LogP contribution is 2.14. The van der Waals surface area contributed by atoms with E-state index in [1.165, 1.54) is 11.1 Å². The van der Waals surface area contributed by atoms with Crippen LogP contribution in [-0.4, -0.2) is 22.8 Å². The third-order valence-electron chi connectivity index (χ3n) is 2.61. The molecule has 1 aromatic carbocycles. The molecular formula is C13H21NOS. The smallest absolute Gasteiger partial charge is 0.0434 e. The van der Waals surface area contributed by atoms with Crippen molar-refractivity contribution < 1.29 is 4.21 Å². The lowest BCUT2D eigenvalue weighted by Gasteiger charge is -2.16. The number of hydrogen-bond acceptors (Lipinski definition) is 2. The van der Waals surface area contributed by atoms with Crippen molar-refractivity contribution in [2.45, 2.75) is 26.3 Å². The van der Waals surface area contributed by atoms with Crippen LogP contribution < -0.4 is 5.32 Å². The van der Waals surface area contributed by atoms with E-state index in [2.05, 4.69) is 43.4 Å². The molecule has 3 heteroatoms. The topological polar surface area (TPSA) is 29.1 Å². The first-order valence-electron chi connectivity index (χ1n) is 5.76. The van der Waals surface area contributed by atoms with Gasteiger partial charge in [-0.1, -0.05) is 36.8 Å². The van der Waals surface area contributed by atoms with E-state index in [9.17, 15) is 4.21 Å². The first-order chi connectivity index (χ1) is 7.67. The van der Waals surface area contributed by atoms with E-state index in [1.54, 1.807) is 0 Å². The van der Waals surface area contributed by atoms with E-state index in [-0.39, 0.29) is 6.04 Å². The van der Waals surface area contributed by atoms with Crippen LogP contribution in [0.5, 0.6) is 0 Å². The SMILES string of the molecule is CCCS(=O)CC(NC)c1ccc(C)cc1.